The number of aryl methyl sites for hydroxylation is 1. The van der Waals surface area contributed by atoms with E-state index in [0.717, 1.165) is 40.5 Å². The molecule has 4 aromatic rings. The molecular weight excluding hydrogens is 478 g/mol. The number of amides is 1. The Bertz CT molecular complexity index is 1390. The van der Waals surface area contributed by atoms with E-state index >= 15 is 0 Å². The number of nitrogens with one attached hydrogen (secondary N) is 1. The van der Waals surface area contributed by atoms with Gasteiger partial charge in [-0.2, -0.15) is 5.10 Å². The molecule has 0 spiro atoms. The molecule has 4 heterocycles. The summed E-state index contributed by atoms with van der Waals surface area (Å²) in [5.41, 5.74) is 4.31. The summed E-state index contributed by atoms with van der Waals surface area (Å²) in [4.78, 5) is 27.6. The molecular formula is C29H33N7O2. The zero-order chi connectivity index (χ0) is 26.7. The van der Waals surface area contributed by atoms with Crippen LogP contribution in [-0.2, 0) is 11.3 Å². The van der Waals surface area contributed by atoms with Crippen molar-refractivity contribution in [2.24, 2.45) is 5.41 Å². The van der Waals surface area contributed by atoms with Gasteiger partial charge in [-0.15, -0.1) is 0 Å². The van der Waals surface area contributed by atoms with Gasteiger partial charge in [0.25, 0.3) is 0 Å². The Morgan fingerprint density at radius 3 is 2.58 bits per heavy atom. The molecule has 0 saturated carbocycles. The van der Waals surface area contributed by atoms with E-state index in [1.807, 2.05) is 58.2 Å². The first-order chi connectivity index (χ1) is 18.3. The Kier molecular flexibility index (Phi) is 7.09. The summed E-state index contributed by atoms with van der Waals surface area (Å²) in [5, 5.41) is 8.00. The summed E-state index contributed by atoms with van der Waals surface area (Å²) >= 11 is 0. The van der Waals surface area contributed by atoms with Crippen LogP contribution in [0.25, 0.3) is 22.5 Å². The Labute approximate surface area is 222 Å². The van der Waals surface area contributed by atoms with Crippen LogP contribution in [0.15, 0.2) is 67.3 Å². The zero-order valence-electron chi connectivity index (χ0n) is 22.3. The van der Waals surface area contributed by atoms with Crippen LogP contribution in [0.3, 0.4) is 0 Å². The molecule has 38 heavy (non-hydrogen) atoms. The van der Waals surface area contributed by atoms with Crippen LogP contribution in [-0.4, -0.2) is 54.7 Å². The number of carbonyl (C=O) groups excluding carboxylic acids is 1. The predicted molar refractivity (Wildman–Crippen MR) is 147 cm³/mol. The second-order valence-corrected chi connectivity index (χ2v) is 10.7. The van der Waals surface area contributed by atoms with Gasteiger partial charge in [0.15, 0.2) is 0 Å². The second kappa shape index (κ2) is 10.6. The molecule has 0 bridgehead atoms. The number of anilines is 2. The van der Waals surface area contributed by atoms with Crippen molar-refractivity contribution in [3.8, 4) is 28.3 Å². The minimum atomic E-state index is -0.00571. The largest absolute Gasteiger partial charge is 0.487 e. The number of ether oxygens (including phenoxy) is 1. The monoisotopic (exact) mass is 511 g/mol. The zero-order valence-corrected chi connectivity index (χ0v) is 22.3. The molecule has 1 amide bonds. The normalized spacial score (nSPS) is 13.7. The molecule has 9 heteroatoms. The third-order valence-electron chi connectivity index (χ3n) is 6.25. The Balaban J connectivity index is 1.23. The number of benzene rings is 1. The van der Waals surface area contributed by atoms with Crippen molar-refractivity contribution in [2.45, 2.75) is 46.8 Å². The van der Waals surface area contributed by atoms with Crippen molar-refractivity contribution in [3.05, 3.63) is 67.3 Å². The van der Waals surface area contributed by atoms with Crippen molar-refractivity contribution in [1.29, 1.82) is 0 Å². The maximum absolute atomic E-state index is 12.3. The van der Waals surface area contributed by atoms with Gasteiger partial charge in [-0.3, -0.25) is 14.5 Å². The van der Waals surface area contributed by atoms with E-state index in [4.69, 9.17) is 14.8 Å². The van der Waals surface area contributed by atoms with Crippen LogP contribution in [0.1, 0.15) is 34.1 Å². The minimum Gasteiger partial charge on any atom is -0.487 e. The van der Waals surface area contributed by atoms with Crippen LogP contribution < -0.4 is 10.1 Å². The highest BCUT2D eigenvalue weighted by Gasteiger charge is 2.33. The first kappa shape index (κ1) is 25.4. The predicted octanol–water partition coefficient (Wildman–Crippen LogP) is 5.19. The minimum absolute atomic E-state index is 0.00571. The standard InChI is InChI=1S/C29H33N7O2/c1-5-36-19-24(27(34-36)20-7-6-13-30-16-20)25-12-14-31-28(33-25)32-21-8-10-22(11-9-21)38-23-17-35(18-23)26(37)15-29(2,3)4/h6-14,16,19,23H,5,15,17-18H2,1-4H3,(H,31,32,33). The molecule has 1 saturated heterocycles. The van der Waals surface area contributed by atoms with Gasteiger partial charge in [-0.25, -0.2) is 9.97 Å². The third-order valence-corrected chi connectivity index (χ3v) is 6.25. The van der Waals surface area contributed by atoms with Crippen molar-refractivity contribution >= 4 is 17.5 Å². The maximum Gasteiger partial charge on any atom is 0.227 e. The highest BCUT2D eigenvalue weighted by atomic mass is 16.5. The van der Waals surface area contributed by atoms with Crippen molar-refractivity contribution < 1.29 is 9.53 Å². The molecule has 1 aliphatic heterocycles. The number of likely N-dealkylation sites (tertiary alicyclic amines) is 1. The molecule has 9 nitrogen and oxygen atoms in total. The summed E-state index contributed by atoms with van der Waals surface area (Å²) in [7, 11) is 0. The average molecular weight is 512 g/mol. The highest BCUT2D eigenvalue weighted by molar-refractivity contribution is 5.79. The number of pyridine rings is 1. The van der Waals surface area contributed by atoms with Gasteiger partial charge in [-0.1, -0.05) is 20.8 Å². The van der Waals surface area contributed by atoms with Gasteiger partial charge in [0.2, 0.25) is 11.9 Å². The van der Waals surface area contributed by atoms with E-state index in [2.05, 4.69) is 43.0 Å². The van der Waals surface area contributed by atoms with E-state index in [0.29, 0.717) is 25.5 Å². The molecule has 1 N–H and O–H groups in total. The molecule has 1 fully saturated rings. The molecule has 1 aromatic carbocycles. The lowest BCUT2D eigenvalue weighted by atomic mass is 9.91. The van der Waals surface area contributed by atoms with E-state index in [9.17, 15) is 4.79 Å². The van der Waals surface area contributed by atoms with E-state index in [1.165, 1.54) is 0 Å². The lowest BCUT2D eigenvalue weighted by Gasteiger charge is -2.40. The Morgan fingerprint density at radius 2 is 1.89 bits per heavy atom. The number of aromatic nitrogens is 5. The van der Waals surface area contributed by atoms with Gasteiger partial charge in [-0.05, 0) is 54.8 Å². The highest BCUT2D eigenvalue weighted by Crippen LogP contribution is 2.30. The first-order valence-electron chi connectivity index (χ1n) is 12.9. The number of hydrogen-bond acceptors (Lipinski definition) is 7. The summed E-state index contributed by atoms with van der Waals surface area (Å²) in [6.45, 7) is 10.3. The lowest BCUT2D eigenvalue weighted by molar-refractivity contribution is -0.141. The van der Waals surface area contributed by atoms with Gasteiger partial charge >= 0.3 is 0 Å². The topological polar surface area (TPSA) is 98.1 Å². The van der Waals surface area contributed by atoms with Crippen LogP contribution >= 0.6 is 0 Å². The van der Waals surface area contributed by atoms with Crippen LogP contribution in [0.5, 0.6) is 5.75 Å². The maximum atomic E-state index is 12.3. The van der Waals surface area contributed by atoms with E-state index in [-0.39, 0.29) is 17.4 Å². The van der Waals surface area contributed by atoms with Crippen LogP contribution in [0.2, 0.25) is 0 Å². The van der Waals surface area contributed by atoms with Gasteiger partial charge in [0, 0.05) is 54.6 Å². The second-order valence-electron chi connectivity index (χ2n) is 10.7. The third kappa shape index (κ3) is 5.99. The molecule has 0 atom stereocenters. The van der Waals surface area contributed by atoms with E-state index in [1.54, 1.807) is 18.6 Å². The quantitative estimate of drug-likeness (QED) is 0.348. The van der Waals surface area contributed by atoms with Crippen LogP contribution in [0, 0.1) is 5.41 Å². The molecule has 196 valence electrons. The molecule has 1 aliphatic rings. The van der Waals surface area contributed by atoms with Crippen molar-refractivity contribution in [3.63, 3.8) is 0 Å². The number of hydrogen-bond donors (Lipinski definition) is 1. The molecule has 0 aliphatic carbocycles. The van der Waals surface area contributed by atoms with Crippen LogP contribution in [0.4, 0.5) is 11.6 Å². The summed E-state index contributed by atoms with van der Waals surface area (Å²) in [6.07, 6.45) is 7.87. The SMILES string of the molecule is CCn1cc(-c2ccnc(Nc3ccc(OC4CN(C(=O)CC(C)(C)C)C4)cc3)n2)c(-c2cccnc2)n1. The first-order valence-corrected chi connectivity index (χ1v) is 12.9. The molecule has 0 unspecified atom stereocenters. The number of rotatable bonds is 8. The van der Waals surface area contributed by atoms with Crippen molar-refractivity contribution in [2.75, 3.05) is 18.4 Å². The summed E-state index contributed by atoms with van der Waals surface area (Å²) in [5.74, 6) is 1.45. The summed E-state index contributed by atoms with van der Waals surface area (Å²) < 4.78 is 7.94. The average Bonchev–Trinajstić information content (AvgIpc) is 3.31. The van der Waals surface area contributed by atoms with E-state index < -0.39 is 0 Å². The molecule has 0 radical (unpaired) electrons. The smallest absolute Gasteiger partial charge is 0.227 e. The number of carbonyl (C=O) groups is 1. The number of nitrogens with zero attached hydrogens (tertiary/aromatic N) is 6. The van der Waals surface area contributed by atoms with Crippen molar-refractivity contribution in [1.82, 2.24) is 29.6 Å². The lowest BCUT2D eigenvalue weighted by Crippen LogP contribution is -2.56. The Morgan fingerprint density at radius 1 is 1.11 bits per heavy atom. The molecule has 5 rings (SSSR count). The fourth-order valence-electron chi connectivity index (χ4n) is 4.28. The van der Waals surface area contributed by atoms with Gasteiger partial charge in [0.1, 0.15) is 17.5 Å². The summed E-state index contributed by atoms with van der Waals surface area (Å²) in [6, 6.07) is 13.5. The van der Waals surface area contributed by atoms with Gasteiger partial charge in [0.05, 0.1) is 18.8 Å². The fourth-order valence-corrected chi connectivity index (χ4v) is 4.28. The fraction of sp³-hybridized carbons (Fsp3) is 0.345. The van der Waals surface area contributed by atoms with Gasteiger partial charge < -0.3 is 15.0 Å². The molecule has 3 aromatic heterocycles. The Hall–Kier alpha value is -4.27.